The molecule has 22 heavy (non-hydrogen) atoms. The van der Waals surface area contributed by atoms with Crippen LogP contribution in [-0.2, 0) is 11.2 Å². The van der Waals surface area contributed by atoms with Crippen LogP contribution in [0.25, 0.3) is 0 Å². The summed E-state index contributed by atoms with van der Waals surface area (Å²) in [7, 11) is 0. The average Bonchev–Trinajstić information content (AvgIpc) is 2.75. The number of Topliss-reactive ketones (excluding diaryl/α,β-unsaturated/α-hetero) is 1. The van der Waals surface area contributed by atoms with Gasteiger partial charge in [-0.05, 0) is 37.7 Å². The van der Waals surface area contributed by atoms with Gasteiger partial charge in [-0.1, -0.05) is 37.3 Å². The van der Waals surface area contributed by atoms with E-state index in [1.165, 1.54) is 10.5 Å². The van der Waals surface area contributed by atoms with Crippen LogP contribution in [-0.4, -0.2) is 35.0 Å². The number of benzene rings is 1. The Balaban J connectivity index is 1.73. The summed E-state index contributed by atoms with van der Waals surface area (Å²) in [5.41, 5.74) is 0.626. The normalized spacial score (nSPS) is 27.3. The summed E-state index contributed by atoms with van der Waals surface area (Å²) < 4.78 is 0. The molecule has 1 saturated heterocycles. The Bertz CT molecular complexity index is 575. The Morgan fingerprint density at radius 1 is 1.14 bits per heavy atom. The Kier molecular flexibility index (Phi) is 3.71. The number of piperidine rings is 1. The number of amides is 1. The van der Waals surface area contributed by atoms with E-state index in [2.05, 4.69) is 19.1 Å². The van der Waals surface area contributed by atoms with Gasteiger partial charge in [0.15, 0.2) is 0 Å². The third-order valence-corrected chi connectivity index (χ3v) is 5.61. The third kappa shape index (κ3) is 2.51. The lowest BCUT2D eigenvalue weighted by atomic mass is 9.71. The van der Waals surface area contributed by atoms with Gasteiger partial charge in [-0.15, -0.1) is 0 Å². The van der Waals surface area contributed by atoms with Gasteiger partial charge in [0.1, 0.15) is 5.78 Å². The van der Waals surface area contributed by atoms with Gasteiger partial charge < -0.3 is 10.0 Å². The number of nitrogens with zero attached hydrogens (tertiary/aromatic N) is 1. The van der Waals surface area contributed by atoms with Crippen LogP contribution in [0.2, 0.25) is 0 Å². The maximum Gasteiger partial charge on any atom is 0.407 e. The van der Waals surface area contributed by atoms with E-state index >= 15 is 0 Å². The summed E-state index contributed by atoms with van der Waals surface area (Å²) >= 11 is 0. The second kappa shape index (κ2) is 5.41. The molecule has 2 aliphatic rings. The first-order valence-electron chi connectivity index (χ1n) is 8.02. The lowest BCUT2D eigenvalue weighted by molar-refractivity contribution is -0.135. The maximum atomic E-state index is 13.1. The summed E-state index contributed by atoms with van der Waals surface area (Å²) in [5, 5.41) is 9.07. The second-order valence-corrected chi connectivity index (χ2v) is 7.10. The van der Waals surface area contributed by atoms with Crippen molar-refractivity contribution in [1.82, 2.24) is 4.90 Å². The number of carbonyl (C=O) groups excluding carboxylic acids is 1. The Hall–Kier alpha value is -1.84. The van der Waals surface area contributed by atoms with Crippen LogP contribution < -0.4 is 0 Å². The van der Waals surface area contributed by atoms with Gasteiger partial charge in [0.2, 0.25) is 0 Å². The van der Waals surface area contributed by atoms with Gasteiger partial charge in [0.05, 0.1) is 0 Å². The molecule has 1 amide bonds. The predicted octanol–water partition coefficient (Wildman–Crippen LogP) is 3.36. The van der Waals surface area contributed by atoms with Crippen molar-refractivity contribution in [3.63, 3.8) is 0 Å². The highest BCUT2D eigenvalue weighted by molar-refractivity contribution is 5.92. The summed E-state index contributed by atoms with van der Waals surface area (Å²) in [6, 6.07) is 10.2. The van der Waals surface area contributed by atoms with Crippen LogP contribution in [0.5, 0.6) is 0 Å². The van der Waals surface area contributed by atoms with Gasteiger partial charge in [-0.25, -0.2) is 4.79 Å². The van der Waals surface area contributed by atoms with E-state index in [-0.39, 0.29) is 10.8 Å². The molecule has 0 bridgehead atoms. The lowest BCUT2D eigenvalue weighted by Gasteiger charge is -2.38. The molecule has 1 aromatic carbocycles. The molecule has 1 atom stereocenters. The van der Waals surface area contributed by atoms with Crippen LogP contribution in [0.4, 0.5) is 4.79 Å². The highest BCUT2D eigenvalue weighted by atomic mass is 16.4. The molecular weight excluding hydrogens is 278 g/mol. The molecule has 0 radical (unpaired) electrons. The van der Waals surface area contributed by atoms with Crippen molar-refractivity contribution >= 4 is 11.9 Å². The number of ketones is 1. The Morgan fingerprint density at radius 2 is 1.77 bits per heavy atom. The van der Waals surface area contributed by atoms with E-state index < -0.39 is 6.09 Å². The van der Waals surface area contributed by atoms with Gasteiger partial charge in [-0.3, -0.25) is 4.79 Å². The highest BCUT2D eigenvalue weighted by Crippen LogP contribution is 2.52. The van der Waals surface area contributed by atoms with Gasteiger partial charge >= 0.3 is 6.09 Å². The fourth-order valence-corrected chi connectivity index (χ4v) is 4.20. The first-order chi connectivity index (χ1) is 10.5. The van der Waals surface area contributed by atoms with Crippen molar-refractivity contribution in [3.05, 3.63) is 35.9 Å². The van der Waals surface area contributed by atoms with E-state index in [1.54, 1.807) is 0 Å². The van der Waals surface area contributed by atoms with Gasteiger partial charge in [0.25, 0.3) is 0 Å². The van der Waals surface area contributed by atoms with Crippen LogP contribution in [0, 0.1) is 10.8 Å². The lowest BCUT2D eigenvalue weighted by Crippen LogP contribution is -2.46. The van der Waals surface area contributed by atoms with Crippen molar-refractivity contribution in [2.75, 3.05) is 13.1 Å². The van der Waals surface area contributed by atoms with E-state index in [0.29, 0.717) is 31.7 Å². The molecule has 1 spiro atoms. The first kappa shape index (κ1) is 15.1. The fraction of sp³-hybridized carbons (Fsp3) is 0.556. The van der Waals surface area contributed by atoms with E-state index in [4.69, 9.17) is 5.11 Å². The zero-order valence-electron chi connectivity index (χ0n) is 13.0. The summed E-state index contributed by atoms with van der Waals surface area (Å²) in [5.74, 6) is 0.355. The number of rotatable bonds is 2. The van der Waals surface area contributed by atoms with E-state index in [9.17, 15) is 9.59 Å². The van der Waals surface area contributed by atoms with E-state index in [1.807, 2.05) is 18.2 Å². The van der Waals surface area contributed by atoms with Gasteiger partial charge in [-0.2, -0.15) is 0 Å². The van der Waals surface area contributed by atoms with Crippen LogP contribution >= 0.6 is 0 Å². The number of hydrogen-bond acceptors (Lipinski definition) is 2. The minimum Gasteiger partial charge on any atom is -0.465 e. The molecular formula is C18H23NO3. The molecule has 2 fully saturated rings. The van der Waals surface area contributed by atoms with Crippen molar-refractivity contribution in [3.8, 4) is 0 Å². The monoisotopic (exact) mass is 301 g/mol. The minimum atomic E-state index is -0.868. The SMILES string of the molecule is C[C@@]1(Cc2ccccc2)CCC2(CCN(C(=O)O)CC2)C1=O. The summed E-state index contributed by atoms with van der Waals surface area (Å²) in [4.78, 5) is 25.6. The largest absolute Gasteiger partial charge is 0.465 e. The number of likely N-dealkylation sites (tertiary alicyclic amines) is 1. The smallest absolute Gasteiger partial charge is 0.407 e. The molecule has 4 heteroatoms. The zero-order valence-corrected chi connectivity index (χ0v) is 13.0. The van der Waals surface area contributed by atoms with Crippen LogP contribution in [0.3, 0.4) is 0 Å². The molecule has 0 unspecified atom stereocenters. The Labute approximate surface area is 131 Å². The van der Waals surface area contributed by atoms with Crippen molar-refractivity contribution in [2.45, 2.75) is 39.0 Å². The quantitative estimate of drug-likeness (QED) is 0.911. The Morgan fingerprint density at radius 3 is 2.36 bits per heavy atom. The molecule has 118 valence electrons. The molecule has 4 nitrogen and oxygen atoms in total. The predicted molar refractivity (Wildman–Crippen MR) is 83.8 cm³/mol. The van der Waals surface area contributed by atoms with Crippen LogP contribution in [0.15, 0.2) is 30.3 Å². The molecule has 1 aliphatic heterocycles. The maximum absolute atomic E-state index is 13.1. The van der Waals surface area contributed by atoms with Crippen molar-refractivity contribution in [1.29, 1.82) is 0 Å². The number of hydrogen-bond donors (Lipinski definition) is 1. The molecule has 3 rings (SSSR count). The third-order valence-electron chi connectivity index (χ3n) is 5.61. The van der Waals surface area contributed by atoms with E-state index in [0.717, 1.165) is 19.3 Å². The average molecular weight is 301 g/mol. The minimum absolute atomic E-state index is 0.282. The second-order valence-electron chi connectivity index (χ2n) is 7.10. The topological polar surface area (TPSA) is 57.6 Å². The molecule has 1 saturated carbocycles. The summed E-state index contributed by atoms with van der Waals surface area (Å²) in [6.07, 6.45) is 3.10. The first-order valence-corrected chi connectivity index (χ1v) is 8.02. The highest BCUT2D eigenvalue weighted by Gasteiger charge is 2.54. The number of carbonyl (C=O) groups is 2. The fourth-order valence-electron chi connectivity index (χ4n) is 4.20. The molecule has 1 heterocycles. The number of carboxylic acid groups (broad SMARTS) is 1. The van der Waals surface area contributed by atoms with Crippen LogP contribution in [0.1, 0.15) is 38.2 Å². The molecule has 1 aliphatic carbocycles. The van der Waals surface area contributed by atoms with Crippen molar-refractivity contribution in [2.24, 2.45) is 10.8 Å². The van der Waals surface area contributed by atoms with Gasteiger partial charge in [0, 0.05) is 23.9 Å². The standard InChI is InChI=1S/C18H23NO3/c1-17(13-14-5-3-2-4-6-14)7-8-18(15(17)20)9-11-19(12-10-18)16(21)22/h2-6H,7-13H2,1H3,(H,21,22)/t17-/m0/s1. The zero-order chi connectivity index (χ0) is 15.8. The molecule has 1 aromatic rings. The summed E-state index contributed by atoms with van der Waals surface area (Å²) in [6.45, 7) is 3.06. The molecule has 0 aromatic heterocycles. The molecule has 1 N–H and O–H groups in total. The van der Waals surface area contributed by atoms with Crippen molar-refractivity contribution < 1.29 is 14.7 Å².